The van der Waals surface area contributed by atoms with Crippen LogP contribution in [0.15, 0.2) is 22.7 Å². The molecule has 0 aliphatic carbocycles. The Hall–Kier alpha value is -2.53. The molecule has 0 saturated carbocycles. The number of thiophene rings is 1. The van der Waals surface area contributed by atoms with E-state index in [9.17, 15) is 24.3 Å². The molecule has 144 valence electrons. The van der Waals surface area contributed by atoms with E-state index in [0.29, 0.717) is 16.1 Å². The number of amides is 2. The van der Waals surface area contributed by atoms with Crippen LogP contribution in [0.25, 0.3) is 0 Å². The van der Waals surface area contributed by atoms with Crippen molar-refractivity contribution in [3.05, 3.63) is 28.3 Å². The van der Waals surface area contributed by atoms with E-state index >= 15 is 0 Å². The largest absolute Gasteiger partial charge is 0.477 e. The molecule has 1 aromatic heterocycles. The predicted octanol–water partition coefficient (Wildman–Crippen LogP) is 0.175. The molecular weight excluding hydrogens is 394 g/mol. The zero-order valence-corrected chi connectivity index (χ0v) is 15.9. The number of aliphatic carboxylic acids is 1. The lowest BCUT2D eigenvalue weighted by Gasteiger charge is -2.49. The number of carboxylic acid groups (broad SMARTS) is 1. The molecule has 1 saturated heterocycles. The molecule has 3 rings (SSSR count). The van der Waals surface area contributed by atoms with Crippen LogP contribution >= 0.6 is 23.1 Å². The van der Waals surface area contributed by atoms with Gasteiger partial charge in [-0.25, -0.2) is 4.79 Å². The molecule has 2 atom stereocenters. The van der Waals surface area contributed by atoms with Crippen molar-refractivity contribution >= 4 is 51.9 Å². The number of nitrogen functional groups attached to an aromatic ring is 1. The molecule has 27 heavy (non-hydrogen) atoms. The minimum atomic E-state index is -1.27. The lowest BCUT2D eigenvalue weighted by molar-refractivity contribution is -0.151. The third kappa shape index (κ3) is 3.78. The second-order valence-electron chi connectivity index (χ2n) is 5.98. The number of thioether (sulfide) groups is 1. The molecule has 2 amide bonds. The summed E-state index contributed by atoms with van der Waals surface area (Å²) in [7, 11) is 0. The third-order valence-electron chi connectivity index (χ3n) is 4.15. The number of carbonyl (C=O) groups is 4. The van der Waals surface area contributed by atoms with Crippen molar-refractivity contribution in [2.45, 2.75) is 24.8 Å². The molecular formula is C16H17N3O6S2. The minimum Gasteiger partial charge on any atom is -0.477 e. The van der Waals surface area contributed by atoms with Gasteiger partial charge in [-0.1, -0.05) is 0 Å². The van der Waals surface area contributed by atoms with Gasteiger partial charge in [0, 0.05) is 18.2 Å². The molecule has 4 N–H and O–H groups in total. The smallest absolute Gasteiger partial charge is 0.352 e. The Morgan fingerprint density at radius 1 is 1.44 bits per heavy atom. The van der Waals surface area contributed by atoms with E-state index < -0.39 is 29.3 Å². The van der Waals surface area contributed by atoms with E-state index in [1.165, 1.54) is 30.0 Å². The second-order valence-corrected chi connectivity index (χ2v) is 8.03. The van der Waals surface area contributed by atoms with E-state index in [0.717, 1.165) is 4.90 Å². The van der Waals surface area contributed by atoms with Crippen LogP contribution in [-0.4, -0.2) is 57.5 Å². The molecule has 2 aliphatic rings. The average Bonchev–Trinajstić information content (AvgIpc) is 3.01. The molecule has 0 radical (unpaired) electrons. The van der Waals surface area contributed by atoms with Gasteiger partial charge in [0.15, 0.2) is 0 Å². The molecule has 11 heteroatoms. The molecule has 0 unspecified atom stereocenters. The van der Waals surface area contributed by atoms with E-state index in [-0.39, 0.29) is 30.4 Å². The third-order valence-corrected chi connectivity index (χ3v) is 6.28. The normalized spacial score (nSPS) is 21.4. The fraction of sp³-hybridized carbons (Fsp3) is 0.375. The quantitative estimate of drug-likeness (QED) is 0.445. The summed E-state index contributed by atoms with van der Waals surface area (Å²) >= 11 is 2.64. The number of fused-ring (bicyclic) bond motifs is 1. The monoisotopic (exact) mass is 411 g/mol. The maximum Gasteiger partial charge on any atom is 0.352 e. The SMILES string of the molecule is CC(=O)OCC1=C(C(=O)O)N2C(=O)[C@@H](NC(=O)Cc3ccsc3N)[C@H]2SC1. The first-order chi connectivity index (χ1) is 12.8. The molecule has 3 heterocycles. The zero-order valence-electron chi connectivity index (χ0n) is 14.3. The number of nitrogens with zero attached hydrogens (tertiary/aromatic N) is 1. The van der Waals surface area contributed by atoms with Crippen molar-refractivity contribution in [1.82, 2.24) is 10.2 Å². The van der Waals surface area contributed by atoms with Gasteiger partial charge in [-0.05, 0) is 17.0 Å². The fourth-order valence-electron chi connectivity index (χ4n) is 2.87. The summed E-state index contributed by atoms with van der Waals surface area (Å²) in [5.74, 6) is -2.38. The summed E-state index contributed by atoms with van der Waals surface area (Å²) in [4.78, 5) is 48.4. The first kappa shape index (κ1) is 19.2. The number of esters is 1. The van der Waals surface area contributed by atoms with Crippen LogP contribution < -0.4 is 11.1 Å². The van der Waals surface area contributed by atoms with Crippen LogP contribution in [0.2, 0.25) is 0 Å². The molecule has 0 spiro atoms. The standard InChI is InChI=1S/C16H17N3O6S2/c1-7(20)25-5-9-6-27-15-11(14(22)19(15)12(9)16(23)24)18-10(21)4-8-2-3-26-13(8)17/h2-3,11,15H,4-6,17H2,1H3,(H,18,21)(H,23,24)/t11-,15-/m1/s1. The van der Waals surface area contributed by atoms with Gasteiger partial charge in [0.1, 0.15) is 23.7 Å². The van der Waals surface area contributed by atoms with Gasteiger partial charge in [0.2, 0.25) is 5.91 Å². The first-order valence-electron chi connectivity index (χ1n) is 7.94. The maximum atomic E-state index is 12.5. The number of anilines is 1. The van der Waals surface area contributed by atoms with Crippen molar-refractivity contribution in [3.8, 4) is 0 Å². The summed E-state index contributed by atoms with van der Waals surface area (Å²) < 4.78 is 4.87. The molecule has 1 aromatic rings. The number of hydrogen-bond acceptors (Lipinski definition) is 8. The number of rotatable bonds is 6. The van der Waals surface area contributed by atoms with Gasteiger partial charge in [-0.15, -0.1) is 23.1 Å². The number of carboxylic acids is 1. The molecule has 9 nitrogen and oxygen atoms in total. The van der Waals surface area contributed by atoms with E-state index in [1.807, 2.05) is 0 Å². The Labute approximate surface area is 162 Å². The Kier molecular flexibility index (Phi) is 5.42. The summed E-state index contributed by atoms with van der Waals surface area (Å²) in [6, 6.07) is 0.947. The average molecular weight is 411 g/mol. The van der Waals surface area contributed by atoms with Crippen LogP contribution in [0, 0.1) is 0 Å². The highest BCUT2D eigenvalue weighted by Gasteiger charge is 2.54. The Balaban J connectivity index is 1.69. The maximum absolute atomic E-state index is 12.5. The molecule has 0 aromatic carbocycles. The van der Waals surface area contributed by atoms with Gasteiger partial charge in [0.05, 0.1) is 11.4 Å². The number of nitrogens with one attached hydrogen (secondary N) is 1. The first-order valence-corrected chi connectivity index (χ1v) is 9.87. The number of β-lactam (4-membered cyclic amide) rings is 1. The summed E-state index contributed by atoms with van der Waals surface area (Å²) in [5.41, 5.74) is 6.62. The minimum absolute atomic E-state index is 0.0514. The zero-order chi connectivity index (χ0) is 19.7. The van der Waals surface area contributed by atoms with E-state index in [2.05, 4.69) is 5.32 Å². The highest BCUT2D eigenvalue weighted by molar-refractivity contribution is 8.00. The lowest BCUT2D eigenvalue weighted by atomic mass is 10.0. The highest BCUT2D eigenvalue weighted by atomic mass is 32.2. The topological polar surface area (TPSA) is 139 Å². The van der Waals surface area contributed by atoms with Crippen molar-refractivity contribution < 1.29 is 29.0 Å². The van der Waals surface area contributed by atoms with Crippen molar-refractivity contribution in [1.29, 1.82) is 0 Å². The summed E-state index contributed by atoms with van der Waals surface area (Å²) in [6.45, 7) is 1.04. The fourth-order valence-corrected chi connectivity index (χ4v) is 4.87. The van der Waals surface area contributed by atoms with Crippen molar-refractivity contribution in [2.75, 3.05) is 18.1 Å². The number of carbonyl (C=O) groups excluding carboxylic acids is 3. The Bertz CT molecular complexity index is 849. The van der Waals surface area contributed by atoms with Gasteiger partial charge < -0.3 is 20.9 Å². The summed E-state index contributed by atoms with van der Waals surface area (Å²) in [5, 5.41) is 14.0. The highest BCUT2D eigenvalue weighted by Crippen LogP contribution is 2.40. The lowest BCUT2D eigenvalue weighted by Crippen LogP contribution is -2.70. The van der Waals surface area contributed by atoms with Crippen LogP contribution in [0.3, 0.4) is 0 Å². The van der Waals surface area contributed by atoms with Gasteiger partial charge in [-0.3, -0.25) is 19.3 Å². The van der Waals surface area contributed by atoms with Crippen LogP contribution in [0.4, 0.5) is 5.00 Å². The van der Waals surface area contributed by atoms with Crippen molar-refractivity contribution in [2.24, 2.45) is 0 Å². The number of ether oxygens (including phenoxy) is 1. The Morgan fingerprint density at radius 2 is 2.19 bits per heavy atom. The molecule has 1 fully saturated rings. The Morgan fingerprint density at radius 3 is 2.78 bits per heavy atom. The molecule has 2 aliphatic heterocycles. The summed E-state index contributed by atoms with van der Waals surface area (Å²) in [6.07, 6.45) is 0.0514. The van der Waals surface area contributed by atoms with E-state index in [4.69, 9.17) is 10.5 Å². The van der Waals surface area contributed by atoms with Crippen LogP contribution in [-0.2, 0) is 30.3 Å². The van der Waals surface area contributed by atoms with Crippen LogP contribution in [0.1, 0.15) is 12.5 Å². The predicted molar refractivity (Wildman–Crippen MR) is 98.8 cm³/mol. The van der Waals surface area contributed by atoms with Crippen LogP contribution in [0.5, 0.6) is 0 Å². The number of nitrogens with two attached hydrogens (primary N) is 1. The molecule has 0 bridgehead atoms. The second kappa shape index (κ2) is 7.61. The van der Waals surface area contributed by atoms with E-state index in [1.54, 1.807) is 11.4 Å². The van der Waals surface area contributed by atoms with Gasteiger partial charge >= 0.3 is 11.9 Å². The number of hydrogen-bond donors (Lipinski definition) is 3. The van der Waals surface area contributed by atoms with Gasteiger partial charge in [0.25, 0.3) is 5.91 Å². The van der Waals surface area contributed by atoms with Gasteiger partial charge in [-0.2, -0.15) is 0 Å². The van der Waals surface area contributed by atoms with Crippen molar-refractivity contribution in [3.63, 3.8) is 0 Å².